The minimum atomic E-state index is 0.0764. The summed E-state index contributed by atoms with van der Waals surface area (Å²) in [6.45, 7) is 2.78. The number of hydrogen-bond acceptors (Lipinski definition) is 6. The summed E-state index contributed by atoms with van der Waals surface area (Å²) in [6, 6.07) is 17.7. The number of anilines is 1. The molecule has 5 rings (SSSR count). The Bertz CT molecular complexity index is 1100. The van der Waals surface area contributed by atoms with Gasteiger partial charge in [0.2, 0.25) is 0 Å². The van der Waals surface area contributed by atoms with E-state index in [1.54, 1.807) is 22.2 Å². The van der Waals surface area contributed by atoms with Crippen molar-refractivity contribution in [3.8, 4) is 16.3 Å². The maximum Gasteiger partial charge on any atom is 0.253 e. The highest BCUT2D eigenvalue weighted by Crippen LogP contribution is 2.25. The number of thiophene rings is 1. The molecule has 0 radical (unpaired) electrons. The first-order valence-electron chi connectivity index (χ1n) is 9.80. The number of carbonyl (C=O) groups is 1. The molecule has 0 aliphatic carbocycles. The van der Waals surface area contributed by atoms with Gasteiger partial charge in [0, 0.05) is 49.0 Å². The molecule has 0 unspecified atom stereocenters. The normalized spacial score (nSPS) is 14.1. The largest absolute Gasteiger partial charge is 0.352 e. The molecule has 150 valence electrons. The van der Waals surface area contributed by atoms with Crippen molar-refractivity contribution >= 4 is 23.1 Å². The van der Waals surface area contributed by atoms with Gasteiger partial charge in [0.05, 0.1) is 0 Å². The Morgan fingerprint density at radius 3 is 2.27 bits per heavy atom. The predicted molar refractivity (Wildman–Crippen MR) is 117 cm³/mol. The van der Waals surface area contributed by atoms with E-state index in [0.29, 0.717) is 18.9 Å². The highest BCUT2D eigenvalue weighted by Gasteiger charge is 2.23. The Kier molecular flexibility index (Phi) is 4.98. The Balaban J connectivity index is 1.21. The zero-order valence-corrected chi connectivity index (χ0v) is 17.1. The van der Waals surface area contributed by atoms with Crippen molar-refractivity contribution in [2.24, 2.45) is 0 Å². The summed E-state index contributed by atoms with van der Waals surface area (Å²) in [5.41, 5.74) is 1.87. The van der Waals surface area contributed by atoms with Crippen LogP contribution in [0.2, 0.25) is 0 Å². The molecule has 0 N–H and O–H groups in total. The van der Waals surface area contributed by atoms with E-state index in [0.717, 1.165) is 30.0 Å². The van der Waals surface area contributed by atoms with Crippen LogP contribution in [0.3, 0.4) is 0 Å². The number of aromatic nitrogens is 4. The Morgan fingerprint density at radius 2 is 1.63 bits per heavy atom. The molecule has 0 bridgehead atoms. The maximum atomic E-state index is 12.9. The van der Waals surface area contributed by atoms with Crippen molar-refractivity contribution in [2.75, 3.05) is 31.1 Å². The van der Waals surface area contributed by atoms with Crippen LogP contribution < -0.4 is 4.90 Å². The van der Waals surface area contributed by atoms with Crippen LogP contribution in [0.1, 0.15) is 10.4 Å². The first-order valence-corrected chi connectivity index (χ1v) is 10.7. The van der Waals surface area contributed by atoms with Crippen LogP contribution in [0.4, 0.5) is 5.82 Å². The molecule has 0 spiro atoms. The van der Waals surface area contributed by atoms with Crippen molar-refractivity contribution in [1.29, 1.82) is 0 Å². The summed E-state index contributed by atoms with van der Waals surface area (Å²) in [4.78, 5) is 18.2. The predicted octanol–water partition coefficient (Wildman–Crippen LogP) is 3.35. The topological polar surface area (TPSA) is 67.2 Å². The fraction of sp³-hybridized carbons (Fsp3) is 0.182. The molecule has 0 atom stereocenters. The Hall–Kier alpha value is -3.52. The van der Waals surface area contributed by atoms with Gasteiger partial charge in [-0.25, -0.2) is 4.68 Å². The van der Waals surface area contributed by atoms with Gasteiger partial charge in [-0.05, 0) is 47.3 Å². The lowest BCUT2D eigenvalue weighted by Crippen LogP contribution is -2.49. The Labute approximate surface area is 178 Å². The fourth-order valence-electron chi connectivity index (χ4n) is 3.55. The van der Waals surface area contributed by atoms with E-state index in [9.17, 15) is 4.79 Å². The minimum absolute atomic E-state index is 0.0764. The van der Waals surface area contributed by atoms with Gasteiger partial charge in [-0.15, -0.1) is 21.5 Å². The molecule has 3 aromatic heterocycles. The number of benzene rings is 1. The smallest absolute Gasteiger partial charge is 0.253 e. The SMILES string of the molecule is O=C(c1ccc(-c2cccs2)cc1)N1CCN(c2ccc(-n3cccn3)nn2)CC1. The molecule has 1 aromatic carbocycles. The van der Waals surface area contributed by atoms with Gasteiger partial charge in [-0.1, -0.05) is 18.2 Å². The maximum absolute atomic E-state index is 12.9. The summed E-state index contributed by atoms with van der Waals surface area (Å²) < 4.78 is 1.68. The van der Waals surface area contributed by atoms with Gasteiger partial charge >= 0.3 is 0 Å². The third-order valence-corrected chi connectivity index (χ3v) is 6.12. The van der Waals surface area contributed by atoms with Crippen molar-refractivity contribution in [2.45, 2.75) is 0 Å². The number of carbonyl (C=O) groups excluding carboxylic acids is 1. The number of rotatable bonds is 4. The summed E-state index contributed by atoms with van der Waals surface area (Å²) in [5, 5.41) is 14.8. The van der Waals surface area contributed by atoms with E-state index in [2.05, 4.69) is 31.6 Å². The standard InChI is InChI=1S/C22H20N6OS/c29-22(18-6-4-17(5-7-18)19-3-1-16-30-19)27-14-12-26(13-15-27)20-8-9-21(25-24-20)28-11-2-10-23-28/h1-11,16H,12-15H2. The molecular formula is C22H20N6OS. The number of amides is 1. The third-order valence-electron chi connectivity index (χ3n) is 5.20. The van der Waals surface area contributed by atoms with Crippen LogP contribution in [0, 0.1) is 0 Å². The van der Waals surface area contributed by atoms with Gasteiger partial charge in [0.25, 0.3) is 5.91 Å². The van der Waals surface area contributed by atoms with Gasteiger partial charge in [-0.2, -0.15) is 5.10 Å². The lowest BCUT2D eigenvalue weighted by molar-refractivity contribution is 0.0746. The molecule has 1 saturated heterocycles. The second kappa shape index (κ2) is 8.08. The van der Waals surface area contributed by atoms with Gasteiger partial charge in [0.1, 0.15) is 0 Å². The monoisotopic (exact) mass is 416 g/mol. The van der Waals surface area contributed by atoms with Crippen molar-refractivity contribution < 1.29 is 4.79 Å². The van der Waals surface area contributed by atoms with Crippen LogP contribution in [-0.4, -0.2) is 57.0 Å². The molecule has 8 heteroatoms. The van der Waals surface area contributed by atoms with Gasteiger partial charge < -0.3 is 9.80 Å². The zero-order chi connectivity index (χ0) is 20.3. The third kappa shape index (κ3) is 3.69. The van der Waals surface area contributed by atoms with Crippen LogP contribution >= 0.6 is 11.3 Å². The van der Waals surface area contributed by atoms with E-state index < -0.39 is 0 Å². The van der Waals surface area contributed by atoms with E-state index in [1.165, 1.54) is 4.88 Å². The van der Waals surface area contributed by atoms with Crippen LogP contribution in [0.5, 0.6) is 0 Å². The quantitative estimate of drug-likeness (QED) is 0.510. The molecule has 30 heavy (non-hydrogen) atoms. The van der Waals surface area contributed by atoms with E-state index in [1.807, 2.05) is 59.6 Å². The van der Waals surface area contributed by atoms with Gasteiger partial charge in [0.15, 0.2) is 11.6 Å². The lowest BCUT2D eigenvalue weighted by Gasteiger charge is -2.35. The highest BCUT2D eigenvalue weighted by molar-refractivity contribution is 7.13. The molecular weight excluding hydrogens is 396 g/mol. The molecule has 7 nitrogen and oxygen atoms in total. The molecule has 1 fully saturated rings. The second-order valence-corrected chi connectivity index (χ2v) is 7.98. The molecule has 4 heterocycles. The first kappa shape index (κ1) is 18.5. The zero-order valence-electron chi connectivity index (χ0n) is 16.3. The van der Waals surface area contributed by atoms with E-state index in [4.69, 9.17) is 0 Å². The molecule has 1 aliphatic rings. The number of nitrogens with zero attached hydrogens (tertiary/aromatic N) is 6. The van der Waals surface area contributed by atoms with E-state index >= 15 is 0 Å². The second-order valence-electron chi connectivity index (χ2n) is 7.03. The molecule has 1 amide bonds. The van der Waals surface area contributed by atoms with Crippen LogP contribution in [0.25, 0.3) is 16.3 Å². The van der Waals surface area contributed by atoms with E-state index in [-0.39, 0.29) is 5.91 Å². The Morgan fingerprint density at radius 1 is 0.867 bits per heavy atom. The summed E-state index contributed by atoms with van der Waals surface area (Å²) >= 11 is 1.70. The van der Waals surface area contributed by atoms with Crippen LogP contribution in [-0.2, 0) is 0 Å². The average molecular weight is 417 g/mol. The molecule has 4 aromatic rings. The number of piperazine rings is 1. The molecule has 1 aliphatic heterocycles. The fourth-order valence-corrected chi connectivity index (χ4v) is 4.29. The first-order chi connectivity index (χ1) is 14.8. The molecule has 0 saturated carbocycles. The van der Waals surface area contributed by atoms with Crippen molar-refractivity contribution in [3.63, 3.8) is 0 Å². The van der Waals surface area contributed by atoms with Crippen molar-refractivity contribution in [3.05, 3.63) is 77.9 Å². The lowest BCUT2D eigenvalue weighted by atomic mass is 10.1. The number of hydrogen-bond donors (Lipinski definition) is 0. The summed E-state index contributed by atoms with van der Waals surface area (Å²) in [6.07, 6.45) is 3.54. The van der Waals surface area contributed by atoms with Crippen molar-refractivity contribution in [1.82, 2.24) is 24.9 Å². The average Bonchev–Trinajstić information content (AvgIpc) is 3.54. The van der Waals surface area contributed by atoms with Gasteiger partial charge in [-0.3, -0.25) is 4.79 Å². The highest BCUT2D eigenvalue weighted by atomic mass is 32.1. The van der Waals surface area contributed by atoms with Crippen LogP contribution in [0.15, 0.2) is 72.4 Å². The summed E-state index contributed by atoms with van der Waals surface area (Å²) in [5.74, 6) is 1.58. The minimum Gasteiger partial charge on any atom is -0.352 e. The summed E-state index contributed by atoms with van der Waals surface area (Å²) in [7, 11) is 0.